The standard InChI is InChI=1S/C18H29N3O.HI/c1-17(2)13-21(18(17,3)4)16(19-5)20-12-11-14-7-9-15(22-6)10-8-14;/h7-10H,11-13H2,1-6H3,(H,19,20);1H. The van der Waals surface area contributed by atoms with Gasteiger partial charge in [0.25, 0.3) is 0 Å². The summed E-state index contributed by atoms with van der Waals surface area (Å²) in [4.78, 5) is 6.80. The van der Waals surface area contributed by atoms with Gasteiger partial charge in [-0.1, -0.05) is 26.0 Å². The molecule has 1 N–H and O–H groups in total. The molecule has 1 fully saturated rings. The Kier molecular flexibility index (Phi) is 6.74. The van der Waals surface area contributed by atoms with Crippen molar-refractivity contribution < 1.29 is 4.74 Å². The third-order valence-electron chi connectivity index (χ3n) is 5.21. The van der Waals surface area contributed by atoms with Crippen LogP contribution in [0.25, 0.3) is 0 Å². The van der Waals surface area contributed by atoms with Crippen LogP contribution in [0.1, 0.15) is 33.3 Å². The van der Waals surface area contributed by atoms with E-state index in [4.69, 9.17) is 4.74 Å². The molecule has 0 radical (unpaired) electrons. The zero-order valence-electron chi connectivity index (χ0n) is 15.1. The Morgan fingerprint density at radius 1 is 1.22 bits per heavy atom. The van der Waals surface area contributed by atoms with Gasteiger partial charge in [0, 0.05) is 31.1 Å². The van der Waals surface area contributed by atoms with Gasteiger partial charge in [-0.05, 0) is 38.0 Å². The number of hydrogen-bond donors (Lipinski definition) is 1. The number of nitrogens with zero attached hydrogens (tertiary/aromatic N) is 2. The zero-order chi connectivity index (χ0) is 16.4. The molecular weight excluding hydrogens is 401 g/mol. The fourth-order valence-corrected chi connectivity index (χ4v) is 2.81. The first-order valence-electron chi connectivity index (χ1n) is 7.93. The van der Waals surface area contributed by atoms with Gasteiger partial charge in [0.1, 0.15) is 5.75 Å². The van der Waals surface area contributed by atoms with Crippen LogP contribution in [0.3, 0.4) is 0 Å². The molecule has 0 amide bonds. The number of benzene rings is 1. The van der Waals surface area contributed by atoms with Crippen LogP contribution >= 0.6 is 24.0 Å². The summed E-state index contributed by atoms with van der Waals surface area (Å²) in [5.41, 5.74) is 1.75. The predicted molar refractivity (Wildman–Crippen MR) is 108 cm³/mol. The summed E-state index contributed by atoms with van der Waals surface area (Å²) >= 11 is 0. The highest BCUT2D eigenvalue weighted by Gasteiger charge is 2.53. The Hall–Kier alpha value is -0.980. The Morgan fingerprint density at radius 2 is 1.83 bits per heavy atom. The van der Waals surface area contributed by atoms with Crippen LogP contribution in [0.5, 0.6) is 5.75 Å². The van der Waals surface area contributed by atoms with E-state index in [1.165, 1.54) is 5.56 Å². The summed E-state index contributed by atoms with van der Waals surface area (Å²) < 4.78 is 5.18. The highest BCUT2D eigenvalue weighted by atomic mass is 127. The van der Waals surface area contributed by atoms with Gasteiger partial charge >= 0.3 is 0 Å². The SMILES string of the molecule is CN=C(NCCc1ccc(OC)cc1)N1CC(C)(C)C1(C)C.I. The molecule has 1 saturated heterocycles. The second kappa shape index (κ2) is 7.73. The lowest BCUT2D eigenvalue weighted by molar-refractivity contribution is -0.0666. The average molecular weight is 431 g/mol. The molecule has 1 aliphatic rings. The molecule has 1 aliphatic heterocycles. The van der Waals surface area contributed by atoms with Crippen molar-refractivity contribution in [2.75, 3.05) is 27.2 Å². The molecule has 0 aromatic heterocycles. The van der Waals surface area contributed by atoms with Gasteiger partial charge in [0.05, 0.1) is 7.11 Å². The number of rotatable bonds is 4. The quantitative estimate of drug-likeness (QED) is 0.450. The molecule has 1 heterocycles. The molecule has 23 heavy (non-hydrogen) atoms. The molecule has 0 unspecified atom stereocenters. The van der Waals surface area contributed by atoms with Crippen LogP contribution in [-0.4, -0.2) is 43.6 Å². The monoisotopic (exact) mass is 431 g/mol. The van der Waals surface area contributed by atoms with Crippen molar-refractivity contribution in [2.24, 2.45) is 10.4 Å². The number of aliphatic imine (C=N–C) groups is 1. The fourth-order valence-electron chi connectivity index (χ4n) is 2.81. The molecule has 5 heteroatoms. The Labute approximate surface area is 157 Å². The van der Waals surface area contributed by atoms with Gasteiger partial charge < -0.3 is 15.0 Å². The summed E-state index contributed by atoms with van der Waals surface area (Å²) in [6.07, 6.45) is 0.973. The minimum absolute atomic E-state index is 0. The van der Waals surface area contributed by atoms with Crippen LogP contribution in [0.15, 0.2) is 29.3 Å². The van der Waals surface area contributed by atoms with E-state index in [-0.39, 0.29) is 29.5 Å². The minimum atomic E-state index is 0. The van der Waals surface area contributed by atoms with E-state index in [2.05, 4.69) is 55.0 Å². The second-order valence-electron chi connectivity index (χ2n) is 7.10. The lowest BCUT2D eigenvalue weighted by Gasteiger charge is -2.62. The van der Waals surface area contributed by atoms with Gasteiger partial charge in [0.15, 0.2) is 5.96 Å². The van der Waals surface area contributed by atoms with Gasteiger partial charge in [-0.15, -0.1) is 24.0 Å². The third-order valence-corrected chi connectivity index (χ3v) is 5.21. The number of ether oxygens (including phenoxy) is 1. The summed E-state index contributed by atoms with van der Waals surface area (Å²) in [6.45, 7) is 11.1. The normalized spacial score (nSPS) is 18.7. The molecule has 4 nitrogen and oxygen atoms in total. The zero-order valence-corrected chi connectivity index (χ0v) is 17.5. The van der Waals surface area contributed by atoms with E-state index >= 15 is 0 Å². The Bertz CT molecular complexity index is 538. The molecule has 0 bridgehead atoms. The molecule has 0 atom stereocenters. The van der Waals surface area contributed by atoms with Gasteiger partial charge in [-0.3, -0.25) is 4.99 Å². The smallest absolute Gasteiger partial charge is 0.194 e. The van der Waals surface area contributed by atoms with Crippen LogP contribution in [0.2, 0.25) is 0 Å². The van der Waals surface area contributed by atoms with E-state index in [0.717, 1.165) is 31.2 Å². The molecule has 0 spiro atoms. The Morgan fingerprint density at radius 3 is 2.26 bits per heavy atom. The number of methoxy groups -OCH3 is 1. The molecule has 0 saturated carbocycles. The number of guanidine groups is 1. The topological polar surface area (TPSA) is 36.9 Å². The maximum absolute atomic E-state index is 5.18. The lowest BCUT2D eigenvalue weighted by Crippen LogP contribution is -2.72. The highest BCUT2D eigenvalue weighted by Crippen LogP contribution is 2.46. The van der Waals surface area contributed by atoms with Crippen molar-refractivity contribution >= 4 is 29.9 Å². The second-order valence-corrected chi connectivity index (χ2v) is 7.10. The van der Waals surface area contributed by atoms with Crippen molar-refractivity contribution in [3.8, 4) is 5.75 Å². The molecule has 130 valence electrons. The average Bonchev–Trinajstić information content (AvgIpc) is 2.50. The van der Waals surface area contributed by atoms with Crippen LogP contribution in [0.4, 0.5) is 0 Å². The van der Waals surface area contributed by atoms with Crippen LogP contribution < -0.4 is 10.1 Å². The van der Waals surface area contributed by atoms with Crippen molar-refractivity contribution in [1.29, 1.82) is 0 Å². The van der Waals surface area contributed by atoms with Crippen molar-refractivity contribution in [3.63, 3.8) is 0 Å². The minimum Gasteiger partial charge on any atom is -0.497 e. The van der Waals surface area contributed by atoms with E-state index in [1.807, 2.05) is 19.2 Å². The van der Waals surface area contributed by atoms with Gasteiger partial charge in [0.2, 0.25) is 0 Å². The first-order chi connectivity index (χ1) is 10.3. The summed E-state index contributed by atoms with van der Waals surface area (Å²) in [5.74, 6) is 1.90. The maximum atomic E-state index is 5.18. The van der Waals surface area contributed by atoms with E-state index in [0.29, 0.717) is 5.41 Å². The first kappa shape index (κ1) is 20.1. The van der Waals surface area contributed by atoms with Gasteiger partial charge in [-0.2, -0.15) is 0 Å². The maximum Gasteiger partial charge on any atom is 0.194 e. The van der Waals surface area contributed by atoms with Gasteiger partial charge in [-0.25, -0.2) is 0 Å². The molecule has 2 rings (SSSR count). The third kappa shape index (κ3) is 4.11. The summed E-state index contributed by atoms with van der Waals surface area (Å²) in [7, 11) is 3.55. The van der Waals surface area contributed by atoms with Crippen molar-refractivity contribution in [1.82, 2.24) is 10.2 Å². The first-order valence-corrected chi connectivity index (χ1v) is 7.93. The Balaban J connectivity index is 0.00000264. The largest absolute Gasteiger partial charge is 0.497 e. The van der Waals surface area contributed by atoms with Crippen LogP contribution in [0, 0.1) is 5.41 Å². The molecule has 0 aliphatic carbocycles. The molecule has 1 aromatic carbocycles. The van der Waals surface area contributed by atoms with E-state index in [1.54, 1.807) is 7.11 Å². The number of nitrogens with one attached hydrogen (secondary N) is 1. The van der Waals surface area contributed by atoms with E-state index < -0.39 is 0 Å². The lowest BCUT2D eigenvalue weighted by atomic mass is 9.65. The predicted octanol–water partition coefficient (Wildman–Crippen LogP) is 3.55. The van der Waals surface area contributed by atoms with Crippen molar-refractivity contribution in [2.45, 2.75) is 39.7 Å². The molecular formula is C18H30IN3O. The summed E-state index contributed by atoms with van der Waals surface area (Å²) in [5, 5.41) is 3.49. The number of halogens is 1. The number of likely N-dealkylation sites (tertiary alicyclic amines) is 1. The molecule has 1 aromatic rings. The summed E-state index contributed by atoms with van der Waals surface area (Å²) in [6, 6.07) is 8.23. The number of hydrogen-bond acceptors (Lipinski definition) is 2. The van der Waals surface area contributed by atoms with Crippen molar-refractivity contribution in [3.05, 3.63) is 29.8 Å². The van der Waals surface area contributed by atoms with E-state index in [9.17, 15) is 0 Å². The highest BCUT2D eigenvalue weighted by molar-refractivity contribution is 14.0. The van der Waals surface area contributed by atoms with Crippen LogP contribution in [-0.2, 0) is 6.42 Å². The fraction of sp³-hybridized carbons (Fsp3) is 0.611.